The number of hydrogen-bond donors (Lipinski definition) is 0. The molecule has 3 aliphatic heterocycles. The number of carbonyl (C=O) groups is 3. The van der Waals surface area contributed by atoms with Crippen LogP contribution in [0.2, 0.25) is 0 Å². The summed E-state index contributed by atoms with van der Waals surface area (Å²) in [4.78, 5) is 47.7. The lowest BCUT2D eigenvalue weighted by Crippen LogP contribution is -2.45. The predicted octanol–water partition coefficient (Wildman–Crippen LogP) is 2.03. The summed E-state index contributed by atoms with van der Waals surface area (Å²) in [7, 11) is 0. The number of urea groups is 1. The summed E-state index contributed by atoms with van der Waals surface area (Å²) < 4.78 is 0. The van der Waals surface area contributed by atoms with Gasteiger partial charge in [0, 0.05) is 6.42 Å². The zero-order valence-corrected chi connectivity index (χ0v) is 15.8. The first-order chi connectivity index (χ1) is 14.1. The van der Waals surface area contributed by atoms with Crippen LogP contribution >= 0.6 is 0 Å². The fourth-order valence-corrected chi connectivity index (χ4v) is 4.35. The van der Waals surface area contributed by atoms with Crippen molar-refractivity contribution in [3.63, 3.8) is 0 Å². The van der Waals surface area contributed by atoms with Crippen molar-refractivity contribution in [1.82, 2.24) is 14.7 Å². The van der Waals surface area contributed by atoms with E-state index < -0.39 is 11.6 Å². The maximum absolute atomic E-state index is 13.1. The van der Waals surface area contributed by atoms with Gasteiger partial charge in [-0.05, 0) is 11.1 Å². The SMILES string of the molecule is O=C1[C@@H]2C[C@]3(CN2C(=O)N1Cc1ccccc1)N=CN(Cc1ccccc1)C3=O. The molecule has 7 heteroatoms. The molecule has 2 aromatic rings. The van der Waals surface area contributed by atoms with Gasteiger partial charge in [-0.15, -0.1) is 0 Å². The molecule has 0 N–H and O–H groups in total. The maximum atomic E-state index is 13.1. The lowest BCUT2D eigenvalue weighted by atomic mass is 9.95. The molecule has 146 valence electrons. The van der Waals surface area contributed by atoms with E-state index in [2.05, 4.69) is 4.99 Å². The fraction of sp³-hybridized carbons (Fsp3) is 0.273. The number of aliphatic imine (C=N–C) groups is 1. The second-order valence-electron chi connectivity index (χ2n) is 7.74. The molecule has 0 aliphatic carbocycles. The molecular weight excluding hydrogens is 368 g/mol. The van der Waals surface area contributed by atoms with Crippen LogP contribution in [-0.4, -0.2) is 57.0 Å². The van der Waals surface area contributed by atoms with Crippen molar-refractivity contribution in [2.24, 2.45) is 4.99 Å². The van der Waals surface area contributed by atoms with E-state index in [1.165, 1.54) is 9.80 Å². The topological polar surface area (TPSA) is 73.3 Å². The quantitative estimate of drug-likeness (QED) is 0.753. The maximum Gasteiger partial charge on any atom is 0.327 e. The molecule has 7 nitrogen and oxygen atoms in total. The Balaban J connectivity index is 1.31. The van der Waals surface area contributed by atoms with Gasteiger partial charge in [0.15, 0.2) is 5.54 Å². The summed E-state index contributed by atoms with van der Waals surface area (Å²) >= 11 is 0. The fourth-order valence-electron chi connectivity index (χ4n) is 4.35. The highest BCUT2D eigenvalue weighted by atomic mass is 16.2. The predicted molar refractivity (Wildman–Crippen MR) is 106 cm³/mol. The molecular formula is C22H20N4O3. The highest BCUT2D eigenvalue weighted by molar-refractivity contribution is 6.08. The molecule has 3 heterocycles. The van der Waals surface area contributed by atoms with Crippen molar-refractivity contribution < 1.29 is 14.4 Å². The average molecular weight is 388 g/mol. The molecule has 3 aliphatic rings. The number of nitrogens with zero attached hydrogens (tertiary/aromatic N) is 4. The van der Waals surface area contributed by atoms with Gasteiger partial charge in [0.1, 0.15) is 6.04 Å². The third-order valence-electron chi connectivity index (χ3n) is 5.85. The van der Waals surface area contributed by atoms with Gasteiger partial charge >= 0.3 is 6.03 Å². The second-order valence-corrected chi connectivity index (χ2v) is 7.74. The normalized spacial score (nSPS) is 25.6. The number of hydrogen-bond acceptors (Lipinski definition) is 4. The second kappa shape index (κ2) is 6.55. The van der Waals surface area contributed by atoms with Gasteiger partial charge in [-0.25, -0.2) is 4.79 Å². The summed E-state index contributed by atoms with van der Waals surface area (Å²) in [6, 6.07) is 18.1. The van der Waals surface area contributed by atoms with E-state index in [4.69, 9.17) is 0 Å². The summed E-state index contributed by atoms with van der Waals surface area (Å²) in [6.07, 6.45) is 1.79. The van der Waals surface area contributed by atoms with Crippen molar-refractivity contribution in [3.05, 3.63) is 71.8 Å². The Morgan fingerprint density at radius 2 is 1.52 bits per heavy atom. The van der Waals surface area contributed by atoms with Crippen LogP contribution in [0, 0.1) is 0 Å². The van der Waals surface area contributed by atoms with E-state index in [1.54, 1.807) is 11.2 Å². The first-order valence-electron chi connectivity index (χ1n) is 9.64. The third kappa shape index (κ3) is 2.81. The third-order valence-corrected chi connectivity index (χ3v) is 5.85. The summed E-state index contributed by atoms with van der Waals surface area (Å²) in [5.41, 5.74) is 0.863. The minimum atomic E-state index is -1.04. The lowest BCUT2D eigenvalue weighted by molar-refractivity contribution is -0.131. The van der Waals surface area contributed by atoms with Crippen LogP contribution in [-0.2, 0) is 22.7 Å². The number of amides is 4. The van der Waals surface area contributed by atoms with E-state index in [0.29, 0.717) is 6.54 Å². The number of rotatable bonds is 4. The summed E-state index contributed by atoms with van der Waals surface area (Å²) in [5.74, 6) is -0.397. The highest BCUT2D eigenvalue weighted by Gasteiger charge is 2.61. The Hall–Kier alpha value is -3.48. The zero-order chi connectivity index (χ0) is 20.0. The van der Waals surface area contributed by atoms with Crippen LogP contribution in [0.25, 0.3) is 0 Å². The molecule has 29 heavy (non-hydrogen) atoms. The number of benzene rings is 2. The molecule has 5 rings (SSSR count). The Labute approximate surface area is 168 Å². The van der Waals surface area contributed by atoms with Crippen molar-refractivity contribution >= 4 is 24.2 Å². The molecule has 0 aromatic heterocycles. The van der Waals surface area contributed by atoms with Gasteiger partial charge in [0.25, 0.3) is 11.8 Å². The van der Waals surface area contributed by atoms with Crippen LogP contribution < -0.4 is 0 Å². The number of carbonyl (C=O) groups excluding carboxylic acids is 3. The average Bonchev–Trinajstić information content (AvgIpc) is 3.35. The van der Waals surface area contributed by atoms with E-state index in [9.17, 15) is 14.4 Å². The van der Waals surface area contributed by atoms with Crippen molar-refractivity contribution in [3.8, 4) is 0 Å². The molecule has 0 saturated carbocycles. The minimum Gasteiger partial charge on any atom is -0.309 e. The first kappa shape index (κ1) is 17.6. The summed E-state index contributed by atoms with van der Waals surface area (Å²) in [5, 5.41) is 0. The van der Waals surface area contributed by atoms with Crippen LogP contribution in [0.4, 0.5) is 4.79 Å². The molecule has 4 amide bonds. The molecule has 2 saturated heterocycles. The van der Waals surface area contributed by atoms with E-state index in [0.717, 1.165) is 11.1 Å². The van der Waals surface area contributed by atoms with E-state index in [1.807, 2.05) is 60.7 Å². The smallest absolute Gasteiger partial charge is 0.309 e. The van der Waals surface area contributed by atoms with Crippen molar-refractivity contribution in [2.45, 2.75) is 31.1 Å². The molecule has 0 bridgehead atoms. The number of imide groups is 1. The molecule has 2 atom stereocenters. The summed E-state index contributed by atoms with van der Waals surface area (Å²) in [6.45, 7) is 0.821. The Kier molecular flexibility index (Phi) is 3.97. The van der Waals surface area contributed by atoms with E-state index >= 15 is 0 Å². The van der Waals surface area contributed by atoms with E-state index in [-0.39, 0.29) is 37.4 Å². The van der Waals surface area contributed by atoms with Crippen LogP contribution in [0.15, 0.2) is 65.7 Å². The zero-order valence-electron chi connectivity index (χ0n) is 15.8. The monoisotopic (exact) mass is 388 g/mol. The molecule has 2 aromatic carbocycles. The van der Waals surface area contributed by atoms with Gasteiger partial charge in [-0.2, -0.15) is 0 Å². The highest BCUT2D eigenvalue weighted by Crippen LogP contribution is 2.39. The molecule has 0 unspecified atom stereocenters. The Morgan fingerprint density at radius 3 is 2.14 bits per heavy atom. The van der Waals surface area contributed by atoms with Gasteiger partial charge in [-0.1, -0.05) is 60.7 Å². The Bertz CT molecular complexity index is 981. The van der Waals surface area contributed by atoms with Crippen molar-refractivity contribution in [2.75, 3.05) is 6.54 Å². The van der Waals surface area contributed by atoms with Crippen LogP contribution in [0.1, 0.15) is 17.5 Å². The first-order valence-corrected chi connectivity index (χ1v) is 9.64. The van der Waals surface area contributed by atoms with Gasteiger partial charge < -0.3 is 4.90 Å². The van der Waals surface area contributed by atoms with Gasteiger partial charge in [0.05, 0.1) is 26.0 Å². The van der Waals surface area contributed by atoms with Gasteiger partial charge in [0.2, 0.25) is 0 Å². The molecule has 1 spiro atoms. The minimum absolute atomic E-state index is 0.147. The standard InChI is InChI=1S/C22H20N4O3/c27-19-18-11-22(20(28)24(15-23-22)12-16-7-3-1-4-8-16)14-26(18)21(29)25(19)13-17-9-5-2-6-10-17/h1-10,15,18H,11-14H2/t18-,22+/m0/s1. The molecule has 2 fully saturated rings. The Morgan fingerprint density at radius 1 is 0.897 bits per heavy atom. The number of fused-ring (bicyclic) bond motifs is 1. The van der Waals surface area contributed by atoms with Crippen LogP contribution in [0.3, 0.4) is 0 Å². The van der Waals surface area contributed by atoms with Gasteiger partial charge in [-0.3, -0.25) is 24.4 Å². The molecule has 0 radical (unpaired) electrons. The largest absolute Gasteiger partial charge is 0.327 e. The van der Waals surface area contributed by atoms with Crippen LogP contribution in [0.5, 0.6) is 0 Å². The lowest BCUT2D eigenvalue weighted by Gasteiger charge is -2.23. The van der Waals surface area contributed by atoms with Crippen molar-refractivity contribution in [1.29, 1.82) is 0 Å².